The lowest BCUT2D eigenvalue weighted by Crippen LogP contribution is -2.44. The van der Waals surface area contributed by atoms with Gasteiger partial charge in [-0.1, -0.05) is 0 Å². The number of nitrogens with zero attached hydrogens (tertiary/aromatic N) is 7. The number of imidazole rings is 1. The second kappa shape index (κ2) is 10.5. The van der Waals surface area contributed by atoms with E-state index in [2.05, 4.69) is 35.6 Å². The lowest BCUT2D eigenvalue weighted by molar-refractivity contribution is -0.155. The molecule has 0 unspecified atom stereocenters. The third-order valence-corrected chi connectivity index (χ3v) is 6.76. The number of fused-ring (bicyclic) bond motifs is 1. The van der Waals surface area contributed by atoms with Crippen LogP contribution < -0.4 is 15.5 Å². The van der Waals surface area contributed by atoms with E-state index in [1.54, 1.807) is 29.5 Å². The van der Waals surface area contributed by atoms with Crippen molar-refractivity contribution < 1.29 is 14.3 Å². The smallest absolute Gasteiger partial charge is 0.320 e. The molecule has 1 aliphatic heterocycles. The van der Waals surface area contributed by atoms with Crippen LogP contribution in [-0.4, -0.2) is 67.4 Å². The number of rotatable bonds is 7. The summed E-state index contributed by atoms with van der Waals surface area (Å²) in [7, 11) is 0. The van der Waals surface area contributed by atoms with Crippen molar-refractivity contribution >= 4 is 29.4 Å². The monoisotopic (exact) mass is 517 g/mol. The molecule has 12 heteroatoms. The number of hydrogen-bond donors (Lipinski definition) is 2. The van der Waals surface area contributed by atoms with Crippen LogP contribution in [-0.2, 0) is 9.53 Å². The van der Waals surface area contributed by atoms with Crippen molar-refractivity contribution in [3.05, 3.63) is 49.2 Å². The number of pyridine rings is 1. The number of carbonyl (C=O) groups is 2. The number of carbonyl (C=O) groups excluding carboxylic acids is 2. The Kier molecular flexibility index (Phi) is 6.95. The summed E-state index contributed by atoms with van der Waals surface area (Å²) >= 11 is 0. The number of aromatic nitrogens is 6. The Hall–Kier alpha value is -4.48. The van der Waals surface area contributed by atoms with E-state index in [4.69, 9.17) is 4.74 Å². The van der Waals surface area contributed by atoms with E-state index < -0.39 is 5.41 Å². The summed E-state index contributed by atoms with van der Waals surface area (Å²) in [5, 5.41) is 9.84. The molecule has 4 aromatic heterocycles. The molecule has 0 saturated carbocycles. The fraction of sp³-hybridized carbons (Fsp3) is 0.385. The summed E-state index contributed by atoms with van der Waals surface area (Å²) in [6.07, 6.45) is 10.3. The molecule has 1 aliphatic rings. The highest BCUT2D eigenvalue weighted by Crippen LogP contribution is 2.34. The van der Waals surface area contributed by atoms with Crippen LogP contribution in [0.5, 0.6) is 0 Å². The number of urea groups is 1. The molecule has 12 nitrogen and oxygen atoms in total. The Morgan fingerprint density at radius 2 is 1.87 bits per heavy atom. The third-order valence-electron chi connectivity index (χ3n) is 6.76. The highest BCUT2D eigenvalue weighted by atomic mass is 16.5. The van der Waals surface area contributed by atoms with Crippen LogP contribution in [0, 0.1) is 5.41 Å². The average molecular weight is 518 g/mol. The van der Waals surface area contributed by atoms with Crippen molar-refractivity contribution in [1.82, 2.24) is 34.4 Å². The molecule has 1 saturated heterocycles. The van der Waals surface area contributed by atoms with Crippen LogP contribution in [0.3, 0.4) is 0 Å². The van der Waals surface area contributed by atoms with Gasteiger partial charge < -0.3 is 15.0 Å². The lowest BCUT2D eigenvalue weighted by Gasteiger charge is -2.37. The standard InChI is InChI=1S/C26H31N9O3/c1-4-27-25(37)32-20-17-34-21(31-20)13-18(14-22(34)35-10-6-9-30-35)19-15-28-24(29-16-19)33-11-7-26(3,8-12-33)23(36)38-5-2/h6,9-10,13-17H,4-5,7-8,11-12H2,1-3H3,(H2,27,32,37). The molecule has 0 bridgehead atoms. The molecule has 0 radical (unpaired) electrons. The molecule has 4 aromatic rings. The molecule has 1 fully saturated rings. The van der Waals surface area contributed by atoms with Gasteiger partial charge in [0, 0.05) is 50.0 Å². The number of piperidine rings is 1. The summed E-state index contributed by atoms with van der Waals surface area (Å²) < 4.78 is 8.86. The Bertz CT molecular complexity index is 1420. The second-order valence-electron chi connectivity index (χ2n) is 9.43. The summed E-state index contributed by atoms with van der Waals surface area (Å²) in [6.45, 7) is 7.91. The molecular formula is C26H31N9O3. The van der Waals surface area contributed by atoms with Crippen molar-refractivity contribution in [2.24, 2.45) is 5.41 Å². The van der Waals surface area contributed by atoms with Crippen molar-refractivity contribution in [3.8, 4) is 16.9 Å². The summed E-state index contributed by atoms with van der Waals surface area (Å²) in [5.74, 6) is 1.66. The fourth-order valence-corrected chi connectivity index (χ4v) is 4.54. The average Bonchev–Trinajstić information content (AvgIpc) is 3.59. The highest BCUT2D eigenvalue weighted by Gasteiger charge is 2.38. The van der Waals surface area contributed by atoms with Crippen molar-refractivity contribution in [2.45, 2.75) is 33.6 Å². The maximum Gasteiger partial charge on any atom is 0.320 e. The number of hydrogen-bond acceptors (Lipinski definition) is 8. The molecule has 2 amide bonds. The predicted octanol–water partition coefficient (Wildman–Crippen LogP) is 3.29. The molecule has 5 heterocycles. The van der Waals surface area contributed by atoms with Gasteiger partial charge in [0.1, 0.15) is 11.5 Å². The largest absolute Gasteiger partial charge is 0.466 e. The minimum absolute atomic E-state index is 0.136. The lowest BCUT2D eigenvalue weighted by atomic mass is 9.80. The molecule has 38 heavy (non-hydrogen) atoms. The van der Waals surface area contributed by atoms with Crippen LogP contribution in [0.4, 0.5) is 16.6 Å². The van der Waals surface area contributed by atoms with Gasteiger partial charge in [0.2, 0.25) is 5.95 Å². The molecule has 0 aliphatic carbocycles. The van der Waals surface area contributed by atoms with Gasteiger partial charge in [-0.25, -0.2) is 24.4 Å². The maximum absolute atomic E-state index is 12.3. The van der Waals surface area contributed by atoms with Gasteiger partial charge in [-0.3, -0.25) is 14.5 Å². The number of amides is 2. The van der Waals surface area contributed by atoms with Crippen molar-refractivity contribution in [2.75, 3.05) is 36.5 Å². The number of esters is 1. The Balaban J connectivity index is 1.40. The quantitative estimate of drug-likeness (QED) is 0.357. The maximum atomic E-state index is 12.3. The van der Waals surface area contributed by atoms with Crippen LogP contribution in [0.15, 0.2) is 49.2 Å². The normalized spacial score (nSPS) is 14.9. The topological polar surface area (TPSA) is 132 Å². The Morgan fingerprint density at radius 1 is 1.11 bits per heavy atom. The van der Waals surface area contributed by atoms with Crippen molar-refractivity contribution in [1.29, 1.82) is 0 Å². The molecule has 198 valence electrons. The SMILES string of the molecule is CCNC(=O)Nc1cn2c(-n3cccn3)cc(-c3cnc(N4CCC(C)(C(=O)OCC)CC4)nc3)cc2n1. The van der Waals surface area contributed by atoms with E-state index in [1.807, 2.05) is 49.6 Å². The first kappa shape index (κ1) is 25.2. The van der Waals surface area contributed by atoms with Gasteiger partial charge >= 0.3 is 12.0 Å². The number of anilines is 2. The first-order valence-corrected chi connectivity index (χ1v) is 12.7. The fourth-order valence-electron chi connectivity index (χ4n) is 4.54. The van der Waals surface area contributed by atoms with Gasteiger partial charge in [0.25, 0.3) is 0 Å². The first-order chi connectivity index (χ1) is 18.4. The van der Waals surface area contributed by atoms with Crippen LogP contribution in [0.1, 0.15) is 33.6 Å². The van der Waals surface area contributed by atoms with Gasteiger partial charge in [-0.05, 0) is 57.4 Å². The van der Waals surface area contributed by atoms with E-state index in [0.717, 1.165) is 16.9 Å². The highest BCUT2D eigenvalue weighted by molar-refractivity contribution is 5.88. The summed E-state index contributed by atoms with van der Waals surface area (Å²) in [4.78, 5) is 40.3. The van der Waals surface area contributed by atoms with E-state index in [1.165, 1.54) is 0 Å². The zero-order valence-corrected chi connectivity index (χ0v) is 21.7. The first-order valence-electron chi connectivity index (χ1n) is 12.7. The molecule has 5 rings (SSSR count). The zero-order valence-electron chi connectivity index (χ0n) is 21.7. The Labute approximate surface area is 220 Å². The minimum Gasteiger partial charge on any atom is -0.466 e. The van der Waals surface area contributed by atoms with Gasteiger partial charge in [0.05, 0.1) is 18.2 Å². The van der Waals surface area contributed by atoms with E-state index in [-0.39, 0.29) is 12.0 Å². The summed E-state index contributed by atoms with van der Waals surface area (Å²) in [5.41, 5.74) is 1.84. The van der Waals surface area contributed by atoms with Gasteiger partial charge in [-0.2, -0.15) is 5.10 Å². The van der Waals surface area contributed by atoms with Crippen LogP contribution in [0.2, 0.25) is 0 Å². The van der Waals surface area contributed by atoms with E-state index in [9.17, 15) is 9.59 Å². The molecular weight excluding hydrogens is 486 g/mol. The van der Waals surface area contributed by atoms with Gasteiger partial charge in [0.15, 0.2) is 5.82 Å². The zero-order chi connectivity index (χ0) is 26.7. The third kappa shape index (κ3) is 5.01. The molecule has 0 atom stereocenters. The number of nitrogens with one attached hydrogen (secondary N) is 2. The summed E-state index contributed by atoms with van der Waals surface area (Å²) in [6, 6.07) is 5.41. The molecule has 0 spiro atoms. The second-order valence-corrected chi connectivity index (χ2v) is 9.43. The predicted molar refractivity (Wildman–Crippen MR) is 142 cm³/mol. The minimum atomic E-state index is -0.472. The number of ether oxygens (including phenoxy) is 1. The Morgan fingerprint density at radius 3 is 2.53 bits per heavy atom. The van der Waals surface area contributed by atoms with E-state index in [0.29, 0.717) is 56.5 Å². The molecule has 2 N–H and O–H groups in total. The van der Waals surface area contributed by atoms with Crippen LogP contribution >= 0.6 is 0 Å². The van der Waals surface area contributed by atoms with E-state index >= 15 is 0 Å². The molecule has 0 aromatic carbocycles. The van der Waals surface area contributed by atoms with Crippen molar-refractivity contribution in [3.63, 3.8) is 0 Å². The van der Waals surface area contributed by atoms with Gasteiger partial charge in [-0.15, -0.1) is 0 Å². The van der Waals surface area contributed by atoms with Crippen LogP contribution in [0.25, 0.3) is 22.6 Å².